The van der Waals surface area contributed by atoms with E-state index >= 15 is 0 Å². The van der Waals surface area contributed by atoms with Crippen LogP contribution < -0.4 is 20.1 Å². The zero-order valence-corrected chi connectivity index (χ0v) is 49.7. The highest BCUT2D eigenvalue weighted by Gasteiger charge is 2.59. The van der Waals surface area contributed by atoms with Crippen LogP contribution in [0.25, 0.3) is 0 Å². The third kappa shape index (κ3) is 14.0. The first-order chi connectivity index (χ1) is 34.0. The number of halogens is 2. The van der Waals surface area contributed by atoms with Gasteiger partial charge in [0.2, 0.25) is 0 Å². The largest absolute Gasteiger partial charge is 0.497 e. The van der Waals surface area contributed by atoms with Crippen LogP contribution in [0.3, 0.4) is 0 Å². The number of aliphatic hydroxyl groups excluding tert-OH is 1. The second kappa shape index (κ2) is 25.5. The van der Waals surface area contributed by atoms with Crippen molar-refractivity contribution in [1.29, 1.82) is 0 Å². The molecule has 3 aliphatic heterocycles. The number of ether oxygens (including phenoxy) is 8. The lowest BCUT2D eigenvalue weighted by atomic mass is 9.75. The average Bonchev–Trinajstić information content (AvgIpc) is 3.69. The van der Waals surface area contributed by atoms with Gasteiger partial charge in [-0.3, -0.25) is 4.79 Å². The number of nitrogens with zero attached hydrogens (tertiary/aromatic N) is 1. The maximum Gasteiger partial charge on any atom is 0.311 e. The number of thiophene rings is 1. The minimum absolute atomic E-state index is 0.0189. The topological polar surface area (TPSA) is 233 Å². The van der Waals surface area contributed by atoms with E-state index in [0.29, 0.717) is 26.3 Å². The molecular formula is C51H83Br2N3O15S2. The van der Waals surface area contributed by atoms with Crippen molar-refractivity contribution in [1.82, 2.24) is 14.9 Å². The number of likely N-dealkylation sites (N-methyl/N-ethyl adjacent to an activating group) is 1. The number of aliphatic hydroxyl groups is 4. The maximum atomic E-state index is 14.7. The second-order valence-electron chi connectivity index (χ2n) is 21.2. The molecule has 3 saturated heterocycles. The van der Waals surface area contributed by atoms with Crippen molar-refractivity contribution in [2.45, 2.75) is 202 Å². The maximum absolute atomic E-state index is 14.7. The summed E-state index contributed by atoms with van der Waals surface area (Å²) in [5, 5.41) is 55.5. The molecule has 1 unspecified atom stereocenters. The van der Waals surface area contributed by atoms with Gasteiger partial charge in [0.15, 0.2) is 18.7 Å². The van der Waals surface area contributed by atoms with Crippen molar-refractivity contribution >= 4 is 59.2 Å². The fourth-order valence-corrected chi connectivity index (χ4v) is 15.1. The Balaban J connectivity index is 1.67. The summed E-state index contributed by atoms with van der Waals surface area (Å²) in [5.41, 5.74) is -6.37. The smallest absolute Gasteiger partial charge is 0.311 e. The Hall–Kier alpha value is -1.58. The number of hydrogen-bond donors (Lipinski definition) is 6. The third-order valence-electron chi connectivity index (χ3n) is 15.4. The third-order valence-corrected chi connectivity index (χ3v) is 21.0. The lowest BCUT2D eigenvalue weighted by Crippen LogP contribution is -2.70. The molecule has 0 amide bonds. The van der Waals surface area contributed by atoms with E-state index in [1.165, 1.54) is 31.5 Å². The van der Waals surface area contributed by atoms with Crippen LogP contribution in [-0.4, -0.2) is 170 Å². The van der Waals surface area contributed by atoms with Crippen LogP contribution in [0, 0.1) is 17.8 Å². The van der Waals surface area contributed by atoms with Gasteiger partial charge in [0.05, 0.1) is 52.9 Å². The predicted octanol–water partition coefficient (Wildman–Crippen LogP) is 6.37. The van der Waals surface area contributed by atoms with Crippen LogP contribution in [0.4, 0.5) is 0 Å². The fraction of sp³-hybridized carbons (Fsp3) is 0.784. The van der Waals surface area contributed by atoms with E-state index in [1.807, 2.05) is 20.8 Å². The van der Waals surface area contributed by atoms with Gasteiger partial charge in [0.1, 0.15) is 44.7 Å². The summed E-state index contributed by atoms with van der Waals surface area (Å²) in [6.07, 6.45) is -8.71. The first kappa shape index (κ1) is 62.3. The van der Waals surface area contributed by atoms with Crippen LogP contribution in [0.2, 0.25) is 0 Å². The van der Waals surface area contributed by atoms with Crippen LogP contribution in [0.5, 0.6) is 11.5 Å². The van der Waals surface area contributed by atoms with E-state index in [1.54, 1.807) is 79.8 Å². The lowest BCUT2D eigenvalue weighted by molar-refractivity contribution is -0.335. The molecular weight excluding hydrogens is 1120 g/mol. The van der Waals surface area contributed by atoms with Crippen molar-refractivity contribution in [3.63, 3.8) is 0 Å². The highest BCUT2D eigenvalue weighted by atomic mass is 79.9. The zero-order valence-electron chi connectivity index (χ0n) is 44.9. The Morgan fingerprint density at radius 2 is 1.59 bits per heavy atom. The summed E-state index contributed by atoms with van der Waals surface area (Å²) < 4.78 is 83.5. The van der Waals surface area contributed by atoms with E-state index in [4.69, 9.17) is 37.9 Å². The summed E-state index contributed by atoms with van der Waals surface area (Å²) >= 11 is 7.94. The summed E-state index contributed by atoms with van der Waals surface area (Å²) in [4.78, 5) is 14.7. The summed E-state index contributed by atoms with van der Waals surface area (Å²) in [6.45, 7) is 20.4. The molecule has 0 radical (unpaired) electrons. The standard InChI is InChI=1S/C51H83Br2N3O15S2/c1-15-21-54-27-51(61)33(8)67-39(25-49(51,10)65-14)70-41-30(5)44(48(9,59)24-28(3)26-55-32(7)43(57)50(11,60)38(16-2)69-46(58)31(41)6)71-47-42(68-35-19-17-34(64-13)18-20-35)37(22-29(4)66-47)56(12)73(62,63)40-23-36(52)45(53)72-40/h17-20,23,28-33,37-39,41-44,47,54-55,57,59-61H,15-16,21-22,24-27H2,1-14H3/t28-,29-,30+,31-,32-,33+,37+,38-,39?,41+,42-,43-,44-,47+,48-,49-,50-,51+/m1/s1. The van der Waals surface area contributed by atoms with Crippen LogP contribution in [-0.2, 0) is 43.2 Å². The van der Waals surface area contributed by atoms with Crippen molar-refractivity contribution in [3.05, 3.63) is 38.6 Å². The predicted molar refractivity (Wildman–Crippen MR) is 284 cm³/mol. The van der Waals surface area contributed by atoms with E-state index in [0.717, 1.165) is 17.8 Å². The van der Waals surface area contributed by atoms with Gasteiger partial charge in [-0.2, -0.15) is 4.31 Å². The van der Waals surface area contributed by atoms with Crippen LogP contribution >= 0.6 is 43.2 Å². The fourth-order valence-electron chi connectivity index (χ4n) is 10.8. The molecule has 1 aromatic carbocycles. The van der Waals surface area contributed by atoms with Gasteiger partial charge in [-0.05, 0) is 155 Å². The van der Waals surface area contributed by atoms with Gasteiger partial charge >= 0.3 is 5.97 Å². The van der Waals surface area contributed by atoms with Crippen LogP contribution in [0.1, 0.15) is 108 Å². The minimum Gasteiger partial charge on any atom is -0.497 e. The zero-order chi connectivity index (χ0) is 54.6. The first-order valence-corrected chi connectivity index (χ1v) is 29.3. The number of rotatable bonds is 16. The Morgan fingerprint density at radius 3 is 2.16 bits per heavy atom. The molecule has 6 N–H and O–H groups in total. The first-order valence-electron chi connectivity index (χ1n) is 25.4. The van der Waals surface area contributed by atoms with Gasteiger partial charge in [-0.25, -0.2) is 8.42 Å². The highest BCUT2D eigenvalue weighted by molar-refractivity contribution is 9.13. The summed E-state index contributed by atoms with van der Waals surface area (Å²) in [6, 6.07) is 6.79. The Morgan fingerprint density at radius 1 is 0.945 bits per heavy atom. The monoisotopic (exact) mass is 1200 g/mol. The number of sulfonamides is 1. The molecule has 5 rings (SSSR count). The number of benzene rings is 1. The molecule has 18 nitrogen and oxygen atoms in total. The number of esters is 1. The SMILES string of the molecule is CCCNC[C@]1(O)[C@H](C)OC(O[C@H]2[C@H](C)[C@@H](O[C@@H]3O[C@H](C)C[C@H](N(C)S(=O)(=O)c4cc(Br)c(Br)s4)[C@H]3Oc3ccc(OC)cc3)[C@](C)(O)C[C@@H](C)CN[C@H](C)[C@@H](O)[C@](C)(O)[C@@H](CC)OC(=O)[C@@H]2C)C[C@@]1(C)OC. The highest BCUT2D eigenvalue weighted by Crippen LogP contribution is 2.44. The number of hydrogen-bond acceptors (Lipinski definition) is 18. The molecule has 4 heterocycles. The Kier molecular flexibility index (Phi) is 21.7. The average molecular weight is 1200 g/mol. The van der Waals surface area contributed by atoms with Crippen molar-refractivity contribution in [2.24, 2.45) is 17.8 Å². The summed E-state index contributed by atoms with van der Waals surface area (Å²) in [7, 11) is 0.395. The van der Waals surface area contributed by atoms with Gasteiger partial charge < -0.3 is 69.0 Å². The molecule has 418 valence electrons. The molecule has 0 saturated carbocycles. The molecule has 73 heavy (non-hydrogen) atoms. The van der Waals surface area contributed by atoms with Crippen molar-refractivity contribution in [3.8, 4) is 11.5 Å². The number of carbonyl (C=O) groups is 1. The molecule has 0 bridgehead atoms. The number of nitrogens with one attached hydrogen (secondary N) is 2. The molecule has 1 aromatic heterocycles. The van der Waals surface area contributed by atoms with Gasteiger partial charge in [0, 0.05) is 43.6 Å². The lowest BCUT2D eigenvalue weighted by Gasteiger charge is -2.53. The molecule has 18 atom stereocenters. The van der Waals surface area contributed by atoms with Crippen molar-refractivity contribution in [2.75, 3.05) is 40.9 Å². The molecule has 2 aromatic rings. The number of cyclic esters (lactones) is 1. The van der Waals surface area contributed by atoms with E-state index in [2.05, 4.69) is 42.5 Å². The van der Waals surface area contributed by atoms with Gasteiger partial charge in [-0.1, -0.05) is 27.7 Å². The molecule has 0 spiro atoms. The second-order valence-corrected chi connectivity index (χ2v) is 26.7. The molecule has 22 heteroatoms. The van der Waals surface area contributed by atoms with Crippen LogP contribution in [0.15, 0.2) is 42.8 Å². The van der Waals surface area contributed by atoms with E-state index < -0.39 is 118 Å². The summed E-state index contributed by atoms with van der Waals surface area (Å²) in [5.74, 6) is -2.21. The van der Waals surface area contributed by atoms with E-state index in [9.17, 15) is 33.6 Å². The van der Waals surface area contributed by atoms with Crippen molar-refractivity contribution < 1.29 is 71.5 Å². The molecule has 3 aliphatic rings. The minimum atomic E-state index is -4.16. The normalized spacial score (nSPS) is 39.6. The van der Waals surface area contributed by atoms with E-state index in [-0.39, 0.29) is 48.9 Å². The Labute approximate surface area is 454 Å². The number of carbonyl (C=O) groups excluding carboxylic acids is 1. The Bertz CT molecular complexity index is 2190. The number of methoxy groups -OCH3 is 2. The van der Waals surface area contributed by atoms with Gasteiger partial charge in [0.25, 0.3) is 10.0 Å². The molecule has 3 fully saturated rings. The van der Waals surface area contributed by atoms with Gasteiger partial charge in [-0.15, -0.1) is 11.3 Å². The molecule has 0 aliphatic carbocycles. The quantitative estimate of drug-likeness (QED) is 0.0792.